The molecule has 1 saturated heterocycles. The first-order valence-electron chi connectivity index (χ1n) is 8.94. The van der Waals surface area contributed by atoms with E-state index in [1.807, 2.05) is 24.4 Å². The molecule has 0 unspecified atom stereocenters. The average molecular weight is 386 g/mol. The van der Waals surface area contributed by atoms with Crippen LogP contribution >= 0.6 is 0 Å². The molecule has 4 heterocycles. The zero-order chi connectivity index (χ0) is 18.9. The zero-order valence-corrected chi connectivity index (χ0v) is 16.0. The number of hydrogen-bond donors (Lipinski definition) is 0. The third kappa shape index (κ3) is 3.65. The molecule has 0 saturated carbocycles. The lowest BCUT2D eigenvalue weighted by Crippen LogP contribution is -2.38. The van der Waals surface area contributed by atoms with Crippen LogP contribution in [0.5, 0.6) is 0 Å². The highest BCUT2D eigenvalue weighted by atomic mass is 32.2. The normalized spacial score (nSPS) is 16.6. The van der Waals surface area contributed by atoms with Gasteiger partial charge in [0.05, 0.1) is 18.4 Å². The number of piperidine rings is 1. The van der Waals surface area contributed by atoms with E-state index in [0.29, 0.717) is 19.6 Å². The molecule has 9 heteroatoms. The maximum atomic E-state index is 12.7. The minimum atomic E-state index is -3.48. The monoisotopic (exact) mass is 386 g/mol. The van der Waals surface area contributed by atoms with Crippen molar-refractivity contribution in [2.24, 2.45) is 7.05 Å². The van der Waals surface area contributed by atoms with Crippen molar-refractivity contribution in [3.63, 3.8) is 0 Å². The lowest BCUT2D eigenvalue weighted by Gasteiger charge is -2.30. The van der Waals surface area contributed by atoms with Crippen molar-refractivity contribution in [2.45, 2.75) is 30.2 Å². The standard InChI is InChI=1S/C18H22N6O2S/c1-22-14-17(12-21-22)27(25,26)24-9-5-15(6-10-24)18-20-8-11-23(18)13-16-4-2-3-7-19-16/h2-4,7-8,11-12,14-15H,5-6,9-10,13H2,1H3. The molecule has 0 atom stereocenters. The van der Waals surface area contributed by atoms with Crippen molar-refractivity contribution in [3.8, 4) is 0 Å². The summed E-state index contributed by atoms with van der Waals surface area (Å²) in [6.45, 7) is 1.64. The van der Waals surface area contributed by atoms with Crippen LogP contribution in [0.15, 0.2) is 54.1 Å². The van der Waals surface area contributed by atoms with Crippen LogP contribution < -0.4 is 0 Å². The van der Waals surface area contributed by atoms with E-state index in [1.54, 1.807) is 29.9 Å². The van der Waals surface area contributed by atoms with Gasteiger partial charge in [-0.1, -0.05) is 6.07 Å². The number of imidazole rings is 1. The topological polar surface area (TPSA) is 85.9 Å². The molecule has 0 N–H and O–H groups in total. The molecule has 142 valence electrons. The summed E-state index contributed by atoms with van der Waals surface area (Å²) < 4.78 is 30.7. The second-order valence-corrected chi connectivity index (χ2v) is 8.70. The van der Waals surface area contributed by atoms with Crippen LogP contribution in [0.2, 0.25) is 0 Å². The maximum absolute atomic E-state index is 12.7. The van der Waals surface area contributed by atoms with Crippen LogP contribution in [0, 0.1) is 0 Å². The van der Waals surface area contributed by atoms with Crippen molar-refractivity contribution in [1.82, 2.24) is 28.6 Å². The minimum Gasteiger partial charge on any atom is -0.329 e. The van der Waals surface area contributed by atoms with Gasteiger partial charge in [-0.25, -0.2) is 13.4 Å². The SMILES string of the molecule is Cn1cc(S(=O)(=O)N2CCC(c3nccn3Cc3ccccn3)CC2)cn1. The summed E-state index contributed by atoms with van der Waals surface area (Å²) in [6.07, 6.45) is 9.99. The summed E-state index contributed by atoms with van der Waals surface area (Å²) in [5.74, 6) is 1.24. The number of hydrogen-bond acceptors (Lipinski definition) is 5. The molecule has 0 radical (unpaired) electrons. The molecule has 4 rings (SSSR count). The van der Waals surface area contributed by atoms with E-state index >= 15 is 0 Å². The van der Waals surface area contributed by atoms with Crippen molar-refractivity contribution in [2.75, 3.05) is 13.1 Å². The maximum Gasteiger partial charge on any atom is 0.246 e. The van der Waals surface area contributed by atoms with Gasteiger partial charge < -0.3 is 4.57 Å². The Bertz CT molecular complexity index is 1000. The Hall–Kier alpha value is -2.52. The Balaban J connectivity index is 1.45. The highest BCUT2D eigenvalue weighted by Crippen LogP contribution is 2.30. The molecule has 27 heavy (non-hydrogen) atoms. The Morgan fingerprint density at radius 1 is 1.15 bits per heavy atom. The molecule has 8 nitrogen and oxygen atoms in total. The molecule has 1 aliphatic heterocycles. The van der Waals surface area contributed by atoms with Gasteiger partial charge in [-0.2, -0.15) is 9.40 Å². The predicted molar refractivity (Wildman–Crippen MR) is 99.5 cm³/mol. The molecule has 3 aromatic rings. The summed E-state index contributed by atoms with van der Waals surface area (Å²) in [6, 6.07) is 5.87. The van der Waals surface area contributed by atoms with Gasteiger partial charge in [0.1, 0.15) is 10.7 Å². The van der Waals surface area contributed by atoms with Gasteiger partial charge in [-0.05, 0) is 25.0 Å². The lowest BCUT2D eigenvalue weighted by molar-refractivity contribution is 0.310. The first-order valence-corrected chi connectivity index (χ1v) is 10.4. The molecular formula is C18H22N6O2S. The van der Waals surface area contributed by atoms with E-state index in [9.17, 15) is 8.42 Å². The van der Waals surface area contributed by atoms with Gasteiger partial charge in [0.25, 0.3) is 0 Å². The summed E-state index contributed by atoms with van der Waals surface area (Å²) in [4.78, 5) is 9.16. The second kappa shape index (κ2) is 7.24. The van der Waals surface area contributed by atoms with E-state index in [0.717, 1.165) is 24.4 Å². The third-order valence-electron chi connectivity index (χ3n) is 4.94. The molecule has 0 aromatic carbocycles. The van der Waals surface area contributed by atoms with E-state index in [2.05, 4.69) is 19.6 Å². The Morgan fingerprint density at radius 2 is 1.96 bits per heavy atom. The zero-order valence-electron chi connectivity index (χ0n) is 15.1. The van der Waals surface area contributed by atoms with E-state index < -0.39 is 10.0 Å². The van der Waals surface area contributed by atoms with E-state index in [-0.39, 0.29) is 10.8 Å². The second-order valence-electron chi connectivity index (χ2n) is 6.76. The van der Waals surface area contributed by atoms with Crippen LogP contribution in [0.3, 0.4) is 0 Å². The molecule has 0 aliphatic carbocycles. The van der Waals surface area contributed by atoms with Gasteiger partial charge >= 0.3 is 0 Å². The van der Waals surface area contributed by atoms with Gasteiger partial charge in [-0.3, -0.25) is 9.67 Å². The number of sulfonamides is 1. The number of pyridine rings is 1. The average Bonchev–Trinajstić information content (AvgIpc) is 3.32. The van der Waals surface area contributed by atoms with Gasteiger partial charge in [0.2, 0.25) is 10.0 Å². The largest absolute Gasteiger partial charge is 0.329 e. The highest BCUT2D eigenvalue weighted by molar-refractivity contribution is 7.89. The fourth-order valence-electron chi connectivity index (χ4n) is 3.52. The predicted octanol–water partition coefficient (Wildman–Crippen LogP) is 1.63. The molecule has 3 aromatic heterocycles. The number of nitrogens with zero attached hydrogens (tertiary/aromatic N) is 6. The van der Waals surface area contributed by atoms with Crippen LogP contribution in [0.1, 0.15) is 30.3 Å². The summed E-state index contributed by atoms with van der Waals surface area (Å²) in [7, 11) is -1.76. The minimum absolute atomic E-state index is 0.240. The molecule has 1 fully saturated rings. The fourth-order valence-corrected chi connectivity index (χ4v) is 4.97. The van der Waals surface area contributed by atoms with E-state index in [1.165, 1.54) is 10.9 Å². The first-order chi connectivity index (χ1) is 13.0. The van der Waals surface area contributed by atoms with Crippen LogP contribution in [-0.2, 0) is 23.6 Å². The molecule has 0 spiro atoms. The Morgan fingerprint density at radius 3 is 2.63 bits per heavy atom. The first kappa shape index (κ1) is 17.9. The molecule has 0 amide bonds. The Labute approximate surface area is 158 Å². The number of aryl methyl sites for hydroxylation is 1. The number of rotatable bonds is 5. The smallest absolute Gasteiger partial charge is 0.246 e. The molecular weight excluding hydrogens is 364 g/mol. The van der Waals surface area contributed by atoms with E-state index in [4.69, 9.17) is 0 Å². The fraction of sp³-hybridized carbons (Fsp3) is 0.389. The summed E-state index contributed by atoms with van der Waals surface area (Å²) in [5.41, 5.74) is 0.980. The van der Waals surface area contributed by atoms with Gasteiger partial charge in [0.15, 0.2) is 0 Å². The van der Waals surface area contributed by atoms with Crippen molar-refractivity contribution < 1.29 is 8.42 Å². The summed E-state index contributed by atoms with van der Waals surface area (Å²) >= 11 is 0. The van der Waals surface area contributed by atoms with Gasteiger partial charge in [0, 0.05) is 50.8 Å². The third-order valence-corrected chi connectivity index (χ3v) is 6.80. The molecule has 1 aliphatic rings. The van der Waals surface area contributed by atoms with Crippen LogP contribution in [-0.4, -0.2) is 50.1 Å². The highest BCUT2D eigenvalue weighted by Gasteiger charge is 2.32. The molecule has 0 bridgehead atoms. The quantitative estimate of drug-likeness (QED) is 0.665. The summed E-state index contributed by atoms with van der Waals surface area (Å²) in [5, 5.41) is 3.98. The van der Waals surface area contributed by atoms with Crippen LogP contribution in [0.4, 0.5) is 0 Å². The lowest BCUT2D eigenvalue weighted by atomic mass is 9.97. The number of aromatic nitrogens is 5. The van der Waals surface area contributed by atoms with Crippen molar-refractivity contribution >= 4 is 10.0 Å². The van der Waals surface area contributed by atoms with Gasteiger partial charge in [-0.15, -0.1) is 0 Å². The van der Waals surface area contributed by atoms with Crippen molar-refractivity contribution in [1.29, 1.82) is 0 Å². The van der Waals surface area contributed by atoms with Crippen LogP contribution in [0.25, 0.3) is 0 Å². The Kier molecular flexibility index (Phi) is 4.79. The van der Waals surface area contributed by atoms with Crippen molar-refractivity contribution in [3.05, 3.63) is 60.7 Å².